The van der Waals surface area contributed by atoms with E-state index in [0.29, 0.717) is 0 Å². The molecular formula is C8H11NO2Sn. The van der Waals surface area contributed by atoms with E-state index in [1.165, 1.54) is 0 Å². The SMILES string of the molecule is [CH3][Sn]1([CH3])[O]C(c2ccccn2)[O]1. The molecule has 0 aliphatic carbocycles. The Balaban J connectivity index is 2.06. The average Bonchev–Trinajstić information content (AvgIpc) is 2.02. The molecule has 1 aromatic heterocycles. The van der Waals surface area contributed by atoms with Crippen LogP contribution in [0.15, 0.2) is 24.4 Å². The topological polar surface area (TPSA) is 31.4 Å². The normalized spacial score (nSPS) is 21.8. The van der Waals surface area contributed by atoms with Crippen LogP contribution in [0.1, 0.15) is 12.0 Å². The van der Waals surface area contributed by atoms with Gasteiger partial charge in [-0.05, 0) is 0 Å². The van der Waals surface area contributed by atoms with Crippen molar-refractivity contribution in [3.63, 3.8) is 0 Å². The van der Waals surface area contributed by atoms with Gasteiger partial charge in [0.2, 0.25) is 0 Å². The zero-order valence-corrected chi connectivity index (χ0v) is 10.0. The van der Waals surface area contributed by atoms with Gasteiger partial charge in [-0.15, -0.1) is 0 Å². The van der Waals surface area contributed by atoms with Gasteiger partial charge < -0.3 is 0 Å². The second kappa shape index (κ2) is 2.97. The van der Waals surface area contributed by atoms with Gasteiger partial charge in [0.1, 0.15) is 0 Å². The van der Waals surface area contributed by atoms with Crippen molar-refractivity contribution in [3.05, 3.63) is 30.1 Å². The first-order valence-corrected chi connectivity index (χ1v) is 12.0. The van der Waals surface area contributed by atoms with Crippen molar-refractivity contribution in [1.29, 1.82) is 0 Å². The molecule has 0 radical (unpaired) electrons. The standard InChI is InChI=1S/C6H5NO2.2CH3.Sn/c8-6(9)5-3-1-2-4-7-5;;;/h1-4,6H;2*1H3;/q-2;;;+2. The van der Waals surface area contributed by atoms with E-state index in [4.69, 9.17) is 6.15 Å². The van der Waals surface area contributed by atoms with Crippen LogP contribution in [-0.2, 0) is 6.15 Å². The molecule has 0 amide bonds. The second-order valence-electron chi connectivity index (χ2n) is 3.22. The molecule has 12 heavy (non-hydrogen) atoms. The summed E-state index contributed by atoms with van der Waals surface area (Å²) in [6.45, 7) is 0. The first-order chi connectivity index (χ1) is 5.67. The fourth-order valence-electron chi connectivity index (χ4n) is 1.16. The Kier molecular flexibility index (Phi) is 2.10. The van der Waals surface area contributed by atoms with Crippen LogP contribution >= 0.6 is 0 Å². The molecule has 1 aliphatic rings. The van der Waals surface area contributed by atoms with Gasteiger partial charge in [0, 0.05) is 0 Å². The molecule has 2 heterocycles. The summed E-state index contributed by atoms with van der Waals surface area (Å²) in [5.74, 6) is 0. The third-order valence-corrected chi connectivity index (χ3v) is 6.17. The maximum absolute atomic E-state index is 5.64. The fourth-order valence-corrected chi connectivity index (χ4v) is 4.84. The van der Waals surface area contributed by atoms with Gasteiger partial charge >= 0.3 is 76.6 Å². The first-order valence-electron chi connectivity index (χ1n) is 3.94. The van der Waals surface area contributed by atoms with Crippen LogP contribution in [0, 0.1) is 0 Å². The second-order valence-corrected chi connectivity index (χ2v) is 12.6. The third-order valence-electron chi connectivity index (χ3n) is 1.71. The monoisotopic (exact) mass is 273 g/mol. The molecule has 3 nitrogen and oxygen atoms in total. The van der Waals surface area contributed by atoms with Crippen molar-refractivity contribution in [2.75, 3.05) is 0 Å². The van der Waals surface area contributed by atoms with Gasteiger partial charge in [0.25, 0.3) is 0 Å². The predicted octanol–water partition coefficient (Wildman–Crippen LogP) is 1.83. The molecule has 0 atom stereocenters. The molecule has 1 aliphatic heterocycles. The van der Waals surface area contributed by atoms with Crippen molar-refractivity contribution >= 4 is 19.2 Å². The summed E-state index contributed by atoms with van der Waals surface area (Å²) in [7, 11) is 0. The van der Waals surface area contributed by atoms with Crippen molar-refractivity contribution in [3.8, 4) is 0 Å². The summed E-state index contributed by atoms with van der Waals surface area (Å²) in [6, 6.07) is 5.75. The van der Waals surface area contributed by atoms with E-state index in [-0.39, 0.29) is 6.29 Å². The Morgan fingerprint density at radius 1 is 1.33 bits per heavy atom. The number of aromatic nitrogens is 1. The van der Waals surface area contributed by atoms with Gasteiger partial charge in [-0.2, -0.15) is 0 Å². The van der Waals surface area contributed by atoms with E-state index < -0.39 is 19.2 Å². The molecule has 0 unspecified atom stereocenters. The fraction of sp³-hybridized carbons (Fsp3) is 0.375. The minimum atomic E-state index is -2.40. The van der Waals surface area contributed by atoms with E-state index in [1.807, 2.05) is 18.2 Å². The Hall–Kier alpha value is -0.131. The van der Waals surface area contributed by atoms with Gasteiger partial charge in [0.05, 0.1) is 0 Å². The van der Waals surface area contributed by atoms with E-state index in [0.717, 1.165) is 5.69 Å². The molecule has 1 saturated heterocycles. The minimum absolute atomic E-state index is 0.183. The number of pyridine rings is 1. The van der Waals surface area contributed by atoms with Crippen LogP contribution in [0.4, 0.5) is 0 Å². The average molecular weight is 272 g/mol. The van der Waals surface area contributed by atoms with Crippen molar-refractivity contribution < 1.29 is 6.15 Å². The molecular weight excluding hydrogens is 261 g/mol. The third kappa shape index (κ3) is 1.62. The molecule has 0 N–H and O–H groups in total. The molecule has 4 heteroatoms. The Labute approximate surface area is 76.7 Å². The molecule has 2 rings (SSSR count). The van der Waals surface area contributed by atoms with Crippen LogP contribution < -0.4 is 0 Å². The number of rotatable bonds is 1. The molecule has 0 spiro atoms. The van der Waals surface area contributed by atoms with E-state index in [9.17, 15) is 0 Å². The summed E-state index contributed by atoms with van der Waals surface area (Å²) in [5, 5.41) is 0. The van der Waals surface area contributed by atoms with E-state index in [1.54, 1.807) is 6.20 Å². The molecule has 1 fully saturated rings. The van der Waals surface area contributed by atoms with Gasteiger partial charge in [-0.1, -0.05) is 0 Å². The Morgan fingerprint density at radius 3 is 2.58 bits per heavy atom. The summed E-state index contributed by atoms with van der Waals surface area (Å²) in [6.07, 6.45) is 1.57. The van der Waals surface area contributed by atoms with Crippen LogP contribution in [0.2, 0.25) is 9.88 Å². The summed E-state index contributed by atoms with van der Waals surface area (Å²) >= 11 is -2.40. The molecule has 64 valence electrons. The van der Waals surface area contributed by atoms with Crippen molar-refractivity contribution in [2.45, 2.75) is 16.2 Å². The van der Waals surface area contributed by atoms with E-state index in [2.05, 4.69) is 14.9 Å². The van der Waals surface area contributed by atoms with Crippen LogP contribution in [0.25, 0.3) is 0 Å². The Bertz CT molecular complexity index is 268. The molecule has 0 saturated carbocycles. The Morgan fingerprint density at radius 2 is 2.08 bits per heavy atom. The zero-order chi connectivity index (χ0) is 8.60. The number of nitrogens with zero attached hydrogens (tertiary/aromatic N) is 1. The van der Waals surface area contributed by atoms with Crippen molar-refractivity contribution in [2.24, 2.45) is 0 Å². The zero-order valence-electron chi connectivity index (χ0n) is 7.15. The van der Waals surface area contributed by atoms with Gasteiger partial charge in [-0.25, -0.2) is 0 Å². The maximum atomic E-state index is 5.64. The summed E-state index contributed by atoms with van der Waals surface area (Å²) < 4.78 is 11.3. The molecule has 0 bridgehead atoms. The van der Waals surface area contributed by atoms with Gasteiger partial charge in [-0.3, -0.25) is 0 Å². The van der Waals surface area contributed by atoms with Gasteiger partial charge in [0.15, 0.2) is 0 Å². The van der Waals surface area contributed by atoms with Crippen LogP contribution in [0.5, 0.6) is 0 Å². The molecule has 1 aromatic rings. The number of hydrogen-bond acceptors (Lipinski definition) is 3. The summed E-state index contributed by atoms with van der Waals surface area (Å²) in [5.41, 5.74) is 0.883. The molecule has 0 aromatic carbocycles. The first kappa shape index (κ1) is 8.47. The summed E-state index contributed by atoms with van der Waals surface area (Å²) in [4.78, 5) is 8.33. The van der Waals surface area contributed by atoms with Crippen molar-refractivity contribution in [1.82, 2.24) is 4.98 Å². The number of hydrogen-bond donors (Lipinski definition) is 0. The van der Waals surface area contributed by atoms with Crippen LogP contribution in [-0.4, -0.2) is 24.2 Å². The van der Waals surface area contributed by atoms with Crippen LogP contribution in [0.3, 0.4) is 0 Å². The predicted molar refractivity (Wildman–Crippen MR) is 46.6 cm³/mol. The van der Waals surface area contributed by atoms with E-state index >= 15 is 0 Å². The quantitative estimate of drug-likeness (QED) is 0.731.